The molecule has 1 amide bonds. The Hall–Kier alpha value is -1.95. The third kappa shape index (κ3) is 1.94. The highest BCUT2D eigenvalue weighted by Gasteiger charge is 2.56. The highest BCUT2D eigenvalue weighted by atomic mass is 16.3. The van der Waals surface area contributed by atoms with Crippen LogP contribution in [0.1, 0.15) is 43.0 Å². The summed E-state index contributed by atoms with van der Waals surface area (Å²) in [7, 11) is 1.85. The van der Waals surface area contributed by atoms with Gasteiger partial charge < -0.3 is 10.0 Å². The third-order valence-electron chi connectivity index (χ3n) is 5.95. The van der Waals surface area contributed by atoms with Crippen LogP contribution in [0.2, 0.25) is 0 Å². The monoisotopic (exact) mass is 314 g/mol. The Morgan fingerprint density at radius 1 is 1.43 bits per heavy atom. The molecule has 0 radical (unpaired) electrons. The summed E-state index contributed by atoms with van der Waals surface area (Å²) in [4.78, 5) is 19.5. The number of amides is 1. The van der Waals surface area contributed by atoms with Crippen molar-refractivity contribution in [2.24, 2.45) is 12.5 Å². The zero-order valence-corrected chi connectivity index (χ0v) is 13.6. The second kappa shape index (κ2) is 5.03. The molecule has 0 spiro atoms. The second-order valence-corrected chi connectivity index (χ2v) is 6.93. The van der Waals surface area contributed by atoms with E-state index in [1.165, 1.54) is 0 Å². The van der Waals surface area contributed by atoms with Crippen LogP contribution in [0, 0.1) is 5.41 Å². The van der Waals surface area contributed by atoms with Crippen molar-refractivity contribution in [1.82, 2.24) is 19.7 Å². The summed E-state index contributed by atoms with van der Waals surface area (Å²) in [6.45, 7) is 2.27. The van der Waals surface area contributed by atoms with Gasteiger partial charge in [-0.3, -0.25) is 14.5 Å². The van der Waals surface area contributed by atoms with Gasteiger partial charge in [-0.2, -0.15) is 5.10 Å². The van der Waals surface area contributed by atoms with Crippen LogP contribution in [0.4, 0.5) is 0 Å². The number of aryl methyl sites for hydroxylation is 1. The average molecular weight is 314 g/mol. The number of fused-ring (bicyclic) bond motifs is 3. The van der Waals surface area contributed by atoms with Gasteiger partial charge in [0.1, 0.15) is 5.52 Å². The minimum atomic E-state index is -0.122. The number of pyridine rings is 1. The van der Waals surface area contributed by atoms with Crippen LogP contribution in [0.15, 0.2) is 18.5 Å². The minimum absolute atomic E-state index is 0.0388. The van der Waals surface area contributed by atoms with Gasteiger partial charge >= 0.3 is 0 Å². The number of hydrogen-bond acceptors (Lipinski definition) is 4. The second-order valence-electron chi connectivity index (χ2n) is 6.93. The number of carbonyl (C=O) groups excluding carboxylic acids is 1. The van der Waals surface area contributed by atoms with Gasteiger partial charge in [-0.25, -0.2) is 0 Å². The normalized spacial score (nSPS) is 29.6. The molecular weight excluding hydrogens is 292 g/mol. The Morgan fingerprint density at radius 3 is 2.96 bits per heavy atom. The number of nitrogens with zero attached hydrogens (tertiary/aromatic N) is 4. The zero-order valence-electron chi connectivity index (χ0n) is 13.6. The Bertz CT molecular complexity index is 765. The Kier molecular flexibility index (Phi) is 3.20. The van der Waals surface area contributed by atoms with Gasteiger partial charge in [0.2, 0.25) is 0 Å². The van der Waals surface area contributed by atoms with E-state index in [0.717, 1.165) is 36.7 Å². The van der Waals surface area contributed by atoms with Crippen LogP contribution in [0.25, 0.3) is 11.0 Å². The lowest BCUT2D eigenvalue weighted by atomic mass is 9.72. The number of aromatic nitrogens is 3. The summed E-state index contributed by atoms with van der Waals surface area (Å²) >= 11 is 0. The first-order valence-corrected chi connectivity index (χ1v) is 8.31. The standard InChI is InChI=1S/C17H22N4O2/c1-3-17(10-22)7-12-4-5-15(17)21(12)16(23)11-6-14-13(18-8-11)9-19-20(14)2/h6,8-9,12,15,22H,3-5,7,10H2,1-2H3/t12-,15+,17-/m1/s1. The van der Waals surface area contributed by atoms with E-state index in [1.807, 2.05) is 18.0 Å². The topological polar surface area (TPSA) is 71.2 Å². The molecule has 4 heterocycles. The maximum absolute atomic E-state index is 13.1. The molecule has 3 atom stereocenters. The lowest BCUT2D eigenvalue weighted by Crippen LogP contribution is -2.42. The molecule has 2 saturated heterocycles. The molecule has 0 aromatic carbocycles. The van der Waals surface area contributed by atoms with Crippen molar-refractivity contribution in [3.8, 4) is 0 Å². The number of aliphatic hydroxyl groups excluding tert-OH is 1. The molecular formula is C17H22N4O2. The summed E-state index contributed by atoms with van der Waals surface area (Å²) in [5.41, 5.74) is 2.16. The van der Waals surface area contributed by atoms with Gasteiger partial charge in [0, 0.05) is 30.7 Å². The summed E-state index contributed by atoms with van der Waals surface area (Å²) in [5, 5.41) is 14.1. The van der Waals surface area contributed by atoms with Gasteiger partial charge in [-0.1, -0.05) is 6.92 Å². The van der Waals surface area contributed by atoms with E-state index >= 15 is 0 Å². The number of hydrogen-bond donors (Lipinski definition) is 1. The predicted molar refractivity (Wildman–Crippen MR) is 85.9 cm³/mol. The molecule has 6 heteroatoms. The van der Waals surface area contributed by atoms with Crippen LogP contribution in [0.3, 0.4) is 0 Å². The van der Waals surface area contributed by atoms with E-state index in [-0.39, 0.29) is 30.0 Å². The third-order valence-corrected chi connectivity index (χ3v) is 5.95. The molecule has 122 valence electrons. The molecule has 2 fully saturated rings. The fourth-order valence-corrected chi connectivity index (χ4v) is 4.55. The Labute approximate surface area is 135 Å². The quantitative estimate of drug-likeness (QED) is 0.936. The molecule has 0 unspecified atom stereocenters. The highest BCUT2D eigenvalue weighted by Crippen LogP contribution is 2.51. The van der Waals surface area contributed by atoms with E-state index in [1.54, 1.807) is 17.1 Å². The first-order chi connectivity index (χ1) is 11.1. The van der Waals surface area contributed by atoms with Crippen molar-refractivity contribution >= 4 is 16.9 Å². The maximum atomic E-state index is 13.1. The van der Waals surface area contributed by atoms with Crippen molar-refractivity contribution < 1.29 is 9.90 Å². The first kappa shape index (κ1) is 14.6. The van der Waals surface area contributed by atoms with E-state index in [4.69, 9.17) is 0 Å². The molecule has 2 bridgehead atoms. The molecule has 2 aliphatic heterocycles. The van der Waals surface area contributed by atoms with E-state index in [0.29, 0.717) is 5.56 Å². The lowest BCUT2D eigenvalue weighted by Gasteiger charge is -2.34. The van der Waals surface area contributed by atoms with Crippen molar-refractivity contribution in [3.63, 3.8) is 0 Å². The zero-order chi connectivity index (χ0) is 16.2. The maximum Gasteiger partial charge on any atom is 0.256 e. The number of carbonyl (C=O) groups is 1. The van der Waals surface area contributed by atoms with E-state index < -0.39 is 0 Å². The molecule has 4 rings (SSSR count). The molecule has 2 aliphatic rings. The largest absolute Gasteiger partial charge is 0.396 e. The van der Waals surface area contributed by atoms with Gasteiger partial charge in [0.05, 0.1) is 23.9 Å². The van der Waals surface area contributed by atoms with Crippen LogP contribution in [-0.2, 0) is 7.05 Å². The van der Waals surface area contributed by atoms with Crippen LogP contribution in [0.5, 0.6) is 0 Å². The van der Waals surface area contributed by atoms with Gasteiger partial charge in [0.15, 0.2) is 0 Å². The Balaban J connectivity index is 1.70. The summed E-state index contributed by atoms with van der Waals surface area (Å²) in [6.07, 6.45) is 7.21. The van der Waals surface area contributed by atoms with Crippen molar-refractivity contribution in [2.45, 2.75) is 44.7 Å². The summed E-state index contributed by atoms with van der Waals surface area (Å²) in [6, 6.07) is 2.28. The molecule has 23 heavy (non-hydrogen) atoms. The van der Waals surface area contributed by atoms with Gasteiger partial charge in [-0.05, 0) is 31.7 Å². The van der Waals surface area contributed by atoms with Crippen LogP contribution in [-0.4, -0.2) is 49.4 Å². The predicted octanol–water partition coefficient (Wildman–Crippen LogP) is 1.73. The summed E-state index contributed by atoms with van der Waals surface area (Å²) < 4.78 is 1.74. The van der Waals surface area contributed by atoms with Crippen molar-refractivity contribution in [2.75, 3.05) is 6.61 Å². The van der Waals surface area contributed by atoms with Crippen molar-refractivity contribution in [1.29, 1.82) is 0 Å². The molecule has 0 aliphatic carbocycles. The minimum Gasteiger partial charge on any atom is -0.396 e. The highest BCUT2D eigenvalue weighted by molar-refractivity contribution is 5.97. The molecule has 2 aromatic rings. The van der Waals surface area contributed by atoms with E-state index in [9.17, 15) is 9.90 Å². The Morgan fingerprint density at radius 2 is 2.26 bits per heavy atom. The lowest BCUT2D eigenvalue weighted by molar-refractivity contribution is 0.0557. The number of rotatable bonds is 3. The summed E-state index contributed by atoms with van der Waals surface area (Å²) in [5.74, 6) is 0.0388. The van der Waals surface area contributed by atoms with Crippen LogP contribution >= 0.6 is 0 Å². The fraction of sp³-hybridized carbons (Fsp3) is 0.588. The SMILES string of the molecule is CC[C@]1(CO)C[C@H]2CC[C@@H]1N2C(=O)c1cnc2cnn(C)c2c1. The van der Waals surface area contributed by atoms with Crippen LogP contribution < -0.4 is 0 Å². The molecule has 0 saturated carbocycles. The van der Waals surface area contributed by atoms with Crippen molar-refractivity contribution in [3.05, 3.63) is 24.0 Å². The fourth-order valence-electron chi connectivity index (χ4n) is 4.55. The first-order valence-electron chi connectivity index (χ1n) is 8.31. The van der Waals surface area contributed by atoms with Gasteiger partial charge in [-0.15, -0.1) is 0 Å². The number of aliphatic hydroxyl groups is 1. The molecule has 6 nitrogen and oxygen atoms in total. The smallest absolute Gasteiger partial charge is 0.256 e. The average Bonchev–Trinajstić information content (AvgIpc) is 3.25. The molecule has 1 N–H and O–H groups in total. The molecule has 2 aromatic heterocycles. The van der Waals surface area contributed by atoms with E-state index in [2.05, 4.69) is 17.0 Å². The van der Waals surface area contributed by atoms with Gasteiger partial charge in [0.25, 0.3) is 5.91 Å².